The van der Waals surface area contributed by atoms with Crippen LogP contribution in [0, 0.1) is 0 Å². The zero-order valence-corrected chi connectivity index (χ0v) is 16.1. The number of amides is 1. The van der Waals surface area contributed by atoms with Crippen molar-refractivity contribution in [2.45, 2.75) is 25.3 Å². The van der Waals surface area contributed by atoms with Crippen molar-refractivity contribution in [3.05, 3.63) is 75.8 Å². The van der Waals surface area contributed by atoms with Crippen LogP contribution in [0.4, 0.5) is 0 Å². The summed E-state index contributed by atoms with van der Waals surface area (Å²) in [6.45, 7) is 0. The average molecular weight is 383 g/mol. The van der Waals surface area contributed by atoms with Gasteiger partial charge < -0.3 is 4.90 Å². The molecule has 3 nitrogen and oxygen atoms in total. The predicted octanol–water partition coefficient (Wildman–Crippen LogP) is 5.15. The Kier molecular flexibility index (Phi) is 4.79. The first-order valence-corrected chi connectivity index (χ1v) is 9.92. The van der Waals surface area contributed by atoms with Gasteiger partial charge >= 0.3 is 0 Å². The quantitative estimate of drug-likeness (QED) is 0.625. The highest BCUT2D eigenvalue weighted by molar-refractivity contribution is 7.13. The maximum absolute atomic E-state index is 12.8. The third-order valence-corrected chi connectivity index (χ3v) is 6.20. The molecule has 1 aromatic heterocycles. The Balaban J connectivity index is 1.48. The van der Waals surface area contributed by atoms with Gasteiger partial charge in [0, 0.05) is 18.0 Å². The van der Waals surface area contributed by atoms with Gasteiger partial charge in [-0.2, -0.15) is 0 Å². The molecule has 0 radical (unpaired) electrons. The summed E-state index contributed by atoms with van der Waals surface area (Å²) in [4.78, 5) is 19.3. The van der Waals surface area contributed by atoms with E-state index in [0.29, 0.717) is 11.4 Å². The van der Waals surface area contributed by atoms with E-state index >= 15 is 0 Å². The van der Waals surface area contributed by atoms with Gasteiger partial charge in [-0.05, 0) is 30.0 Å². The first kappa shape index (κ1) is 17.3. The highest BCUT2D eigenvalue weighted by Gasteiger charge is 2.28. The lowest BCUT2D eigenvalue weighted by molar-refractivity contribution is -0.131. The van der Waals surface area contributed by atoms with Crippen molar-refractivity contribution in [2.24, 2.45) is 0 Å². The zero-order chi connectivity index (χ0) is 18.1. The molecule has 0 fully saturated rings. The van der Waals surface area contributed by atoms with E-state index in [9.17, 15) is 4.79 Å². The molecule has 1 heterocycles. The Morgan fingerprint density at radius 1 is 1.23 bits per heavy atom. The number of aromatic nitrogens is 1. The Morgan fingerprint density at radius 2 is 2.00 bits per heavy atom. The lowest BCUT2D eigenvalue weighted by Crippen LogP contribution is -2.31. The zero-order valence-electron chi connectivity index (χ0n) is 14.5. The van der Waals surface area contributed by atoms with Crippen LogP contribution in [0.5, 0.6) is 0 Å². The molecule has 4 rings (SSSR count). The molecule has 1 atom stereocenters. The number of thiazole rings is 1. The van der Waals surface area contributed by atoms with E-state index in [1.165, 1.54) is 22.5 Å². The maximum Gasteiger partial charge on any atom is 0.228 e. The minimum Gasteiger partial charge on any atom is -0.338 e. The SMILES string of the molecule is CN(C(=O)Cc1csc(-c2ccccc2Cl)n1)C1CCc2ccccc21. The highest BCUT2D eigenvalue weighted by Crippen LogP contribution is 2.35. The highest BCUT2D eigenvalue weighted by atomic mass is 35.5. The predicted molar refractivity (Wildman–Crippen MR) is 107 cm³/mol. The number of rotatable bonds is 4. The topological polar surface area (TPSA) is 33.2 Å². The van der Waals surface area contributed by atoms with Gasteiger partial charge in [0.1, 0.15) is 5.01 Å². The molecule has 0 N–H and O–H groups in total. The van der Waals surface area contributed by atoms with Gasteiger partial charge in [-0.1, -0.05) is 54.1 Å². The molecule has 2 aromatic carbocycles. The first-order chi connectivity index (χ1) is 12.6. The number of likely N-dealkylation sites (N-methyl/N-ethyl adjacent to an activating group) is 1. The smallest absolute Gasteiger partial charge is 0.228 e. The summed E-state index contributed by atoms with van der Waals surface area (Å²) in [6, 6.07) is 16.2. The Labute approximate surface area is 162 Å². The molecule has 1 aliphatic carbocycles. The molecule has 1 aliphatic rings. The third-order valence-electron chi connectivity index (χ3n) is 4.95. The second-order valence-electron chi connectivity index (χ2n) is 6.56. The summed E-state index contributed by atoms with van der Waals surface area (Å²) in [5.74, 6) is 0.0997. The lowest BCUT2D eigenvalue weighted by Gasteiger charge is -2.25. The molecule has 1 amide bonds. The van der Waals surface area contributed by atoms with Crippen molar-refractivity contribution in [3.63, 3.8) is 0 Å². The number of fused-ring (bicyclic) bond motifs is 1. The van der Waals surface area contributed by atoms with E-state index in [0.717, 1.165) is 29.1 Å². The number of nitrogens with zero attached hydrogens (tertiary/aromatic N) is 2. The Bertz CT molecular complexity index is 952. The van der Waals surface area contributed by atoms with E-state index < -0.39 is 0 Å². The summed E-state index contributed by atoms with van der Waals surface area (Å²) in [6.07, 6.45) is 2.34. The van der Waals surface area contributed by atoms with Crippen molar-refractivity contribution in [3.8, 4) is 10.6 Å². The Morgan fingerprint density at radius 3 is 2.85 bits per heavy atom. The van der Waals surface area contributed by atoms with Gasteiger partial charge in [-0.3, -0.25) is 4.79 Å². The fourth-order valence-electron chi connectivity index (χ4n) is 3.54. The summed E-state index contributed by atoms with van der Waals surface area (Å²) in [5, 5.41) is 3.49. The number of carbonyl (C=O) groups excluding carboxylic acids is 1. The minimum absolute atomic E-state index is 0.0997. The van der Waals surface area contributed by atoms with Crippen LogP contribution in [-0.4, -0.2) is 22.8 Å². The standard InChI is InChI=1S/C21H19ClN2OS/c1-24(19-11-10-14-6-2-3-7-16(14)19)20(25)12-15-13-26-21(23-15)17-8-4-5-9-18(17)22/h2-9,13,19H,10-12H2,1H3. The van der Waals surface area contributed by atoms with E-state index in [4.69, 9.17) is 11.6 Å². The number of hydrogen-bond acceptors (Lipinski definition) is 3. The van der Waals surface area contributed by atoms with Crippen LogP contribution in [0.3, 0.4) is 0 Å². The molecule has 26 heavy (non-hydrogen) atoms. The van der Waals surface area contributed by atoms with Crippen LogP contribution >= 0.6 is 22.9 Å². The van der Waals surface area contributed by atoms with Gasteiger partial charge in [0.15, 0.2) is 0 Å². The van der Waals surface area contributed by atoms with E-state index in [1.807, 2.05) is 47.7 Å². The van der Waals surface area contributed by atoms with Crippen LogP contribution in [-0.2, 0) is 17.6 Å². The van der Waals surface area contributed by atoms with Crippen molar-refractivity contribution >= 4 is 28.8 Å². The molecular formula is C21H19ClN2OS. The molecule has 0 saturated carbocycles. The molecule has 3 aromatic rings. The molecule has 0 aliphatic heterocycles. The summed E-state index contributed by atoms with van der Waals surface area (Å²) < 4.78 is 0. The molecule has 5 heteroatoms. The second kappa shape index (κ2) is 7.22. The van der Waals surface area contributed by atoms with Crippen molar-refractivity contribution in [2.75, 3.05) is 7.05 Å². The summed E-state index contributed by atoms with van der Waals surface area (Å²) in [7, 11) is 1.90. The van der Waals surface area contributed by atoms with Gasteiger partial charge in [-0.15, -0.1) is 11.3 Å². The minimum atomic E-state index is 0.0997. The Hall–Kier alpha value is -2.17. The molecule has 0 saturated heterocycles. The molecule has 1 unspecified atom stereocenters. The van der Waals surface area contributed by atoms with Crippen LogP contribution < -0.4 is 0 Å². The molecular weight excluding hydrogens is 364 g/mol. The largest absolute Gasteiger partial charge is 0.338 e. The number of benzene rings is 2. The van der Waals surface area contributed by atoms with E-state index in [2.05, 4.69) is 23.2 Å². The van der Waals surface area contributed by atoms with Crippen LogP contribution in [0.25, 0.3) is 10.6 Å². The monoisotopic (exact) mass is 382 g/mol. The van der Waals surface area contributed by atoms with Crippen LogP contribution in [0.1, 0.15) is 29.3 Å². The summed E-state index contributed by atoms with van der Waals surface area (Å²) in [5.41, 5.74) is 4.34. The van der Waals surface area contributed by atoms with Gasteiger partial charge in [0.25, 0.3) is 0 Å². The van der Waals surface area contributed by atoms with Gasteiger partial charge in [0.2, 0.25) is 5.91 Å². The summed E-state index contributed by atoms with van der Waals surface area (Å²) >= 11 is 7.77. The molecule has 0 spiro atoms. The van der Waals surface area contributed by atoms with Crippen molar-refractivity contribution in [1.29, 1.82) is 0 Å². The molecule has 132 valence electrons. The number of aryl methyl sites for hydroxylation is 1. The fourth-order valence-corrected chi connectivity index (χ4v) is 4.68. The third kappa shape index (κ3) is 3.27. The van der Waals surface area contributed by atoms with Gasteiger partial charge in [0.05, 0.1) is 23.2 Å². The number of hydrogen-bond donors (Lipinski definition) is 0. The van der Waals surface area contributed by atoms with Crippen molar-refractivity contribution < 1.29 is 4.79 Å². The van der Waals surface area contributed by atoms with E-state index in [1.54, 1.807) is 0 Å². The molecule has 0 bridgehead atoms. The first-order valence-electron chi connectivity index (χ1n) is 8.66. The lowest BCUT2D eigenvalue weighted by atomic mass is 10.1. The fraction of sp³-hybridized carbons (Fsp3) is 0.238. The van der Waals surface area contributed by atoms with E-state index in [-0.39, 0.29) is 11.9 Å². The normalized spacial score (nSPS) is 15.7. The maximum atomic E-state index is 12.8. The van der Waals surface area contributed by atoms with Crippen LogP contribution in [0.2, 0.25) is 5.02 Å². The number of carbonyl (C=O) groups is 1. The number of halogens is 1. The second-order valence-corrected chi connectivity index (χ2v) is 7.82. The average Bonchev–Trinajstić information content (AvgIpc) is 3.28. The van der Waals surface area contributed by atoms with Crippen molar-refractivity contribution in [1.82, 2.24) is 9.88 Å². The van der Waals surface area contributed by atoms with Gasteiger partial charge in [-0.25, -0.2) is 4.98 Å². The van der Waals surface area contributed by atoms with Crippen LogP contribution in [0.15, 0.2) is 53.9 Å².